The second kappa shape index (κ2) is 4.33. The van der Waals surface area contributed by atoms with E-state index in [1.807, 2.05) is 0 Å². The quantitative estimate of drug-likeness (QED) is 0.786. The fourth-order valence-corrected chi connectivity index (χ4v) is 3.80. The highest BCUT2D eigenvalue weighted by Gasteiger charge is 2.38. The summed E-state index contributed by atoms with van der Waals surface area (Å²) in [7, 11) is -3.46. The number of hydrogen-bond donors (Lipinski definition) is 1. The van der Waals surface area contributed by atoms with E-state index in [0.29, 0.717) is 0 Å². The Bertz CT molecular complexity index is 365. The van der Waals surface area contributed by atoms with Gasteiger partial charge in [0.1, 0.15) is 6.54 Å². The summed E-state index contributed by atoms with van der Waals surface area (Å²) >= 11 is 0. The number of hydrogen-bond acceptors (Lipinski definition) is 3. The maximum absolute atomic E-state index is 12.0. The van der Waals surface area contributed by atoms with Crippen molar-refractivity contribution in [2.45, 2.75) is 39.2 Å². The molecular formula is C10H19NO4S. The first-order chi connectivity index (χ1) is 7.13. The van der Waals surface area contributed by atoms with E-state index in [9.17, 15) is 13.2 Å². The molecule has 0 saturated heterocycles. The van der Waals surface area contributed by atoms with Crippen molar-refractivity contribution in [3.63, 3.8) is 0 Å². The minimum absolute atomic E-state index is 0.0809. The molecule has 6 heteroatoms. The summed E-state index contributed by atoms with van der Waals surface area (Å²) in [4.78, 5) is 10.7. The van der Waals surface area contributed by atoms with Crippen LogP contribution < -0.4 is 0 Å². The van der Waals surface area contributed by atoms with Gasteiger partial charge in [0.05, 0.1) is 5.75 Å². The van der Waals surface area contributed by atoms with Crippen LogP contribution in [-0.4, -0.2) is 41.6 Å². The maximum atomic E-state index is 12.0. The molecule has 0 radical (unpaired) electrons. The molecule has 1 N–H and O–H groups in total. The van der Waals surface area contributed by atoms with Gasteiger partial charge in [-0.1, -0.05) is 0 Å². The number of carboxylic acid groups (broad SMARTS) is 1. The topological polar surface area (TPSA) is 74.7 Å². The fraction of sp³-hybridized carbons (Fsp3) is 0.900. The van der Waals surface area contributed by atoms with E-state index in [-0.39, 0.29) is 11.7 Å². The first-order valence-corrected chi connectivity index (χ1v) is 6.96. The second-order valence-corrected chi connectivity index (χ2v) is 7.23. The third-order valence-corrected chi connectivity index (χ3v) is 4.75. The molecule has 0 bridgehead atoms. The number of nitrogens with zero attached hydrogens (tertiary/aromatic N) is 1. The van der Waals surface area contributed by atoms with Crippen molar-refractivity contribution < 1.29 is 18.3 Å². The van der Waals surface area contributed by atoms with Gasteiger partial charge in [0.25, 0.3) is 0 Å². The van der Waals surface area contributed by atoms with Gasteiger partial charge in [-0.15, -0.1) is 0 Å². The molecule has 0 heterocycles. The minimum Gasteiger partial charge on any atom is -0.480 e. The molecular weight excluding hydrogens is 230 g/mol. The van der Waals surface area contributed by atoms with Gasteiger partial charge in [0, 0.05) is 5.54 Å². The molecule has 0 aromatic rings. The summed E-state index contributed by atoms with van der Waals surface area (Å²) in [5, 5.41) is 8.75. The van der Waals surface area contributed by atoms with Gasteiger partial charge in [0.2, 0.25) is 10.0 Å². The monoisotopic (exact) mass is 249 g/mol. The van der Waals surface area contributed by atoms with Gasteiger partial charge in [0.15, 0.2) is 0 Å². The fourth-order valence-electron chi connectivity index (χ4n) is 1.55. The molecule has 1 saturated carbocycles. The second-order valence-electron chi connectivity index (χ2n) is 5.29. The smallest absolute Gasteiger partial charge is 0.318 e. The Labute approximate surface area is 96.5 Å². The normalized spacial score (nSPS) is 17.8. The van der Waals surface area contributed by atoms with Crippen LogP contribution in [0.1, 0.15) is 33.6 Å². The lowest BCUT2D eigenvalue weighted by Gasteiger charge is -2.33. The van der Waals surface area contributed by atoms with Crippen LogP contribution in [0.2, 0.25) is 0 Å². The molecule has 0 aromatic heterocycles. The minimum atomic E-state index is -3.46. The van der Waals surface area contributed by atoms with Crippen molar-refractivity contribution >= 4 is 16.0 Å². The van der Waals surface area contributed by atoms with E-state index in [1.165, 1.54) is 0 Å². The number of carboxylic acids is 1. The molecule has 1 fully saturated rings. The molecule has 0 spiro atoms. The number of carbonyl (C=O) groups is 1. The molecule has 0 unspecified atom stereocenters. The summed E-state index contributed by atoms with van der Waals surface area (Å²) in [5.74, 6) is -0.810. The van der Waals surface area contributed by atoms with Gasteiger partial charge in [-0.3, -0.25) is 4.79 Å². The lowest BCUT2D eigenvalue weighted by atomic mass is 10.1. The molecule has 0 aliphatic heterocycles. The van der Waals surface area contributed by atoms with Crippen LogP contribution in [0.5, 0.6) is 0 Å². The predicted molar refractivity (Wildman–Crippen MR) is 60.6 cm³/mol. The third kappa shape index (κ3) is 3.75. The van der Waals surface area contributed by atoms with Crippen LogP contribution in [0.25, 0.3) is 0 Å². The van der Waals surface area contributed by atoms with Crippen LogP contribution in [0.15, 0.2) is 0 Å². The summed E-state index contributed by atoms with van der Waals surface area (Å²) in [5.41, 5.74) is -0.688. The van der Waals surface area contributed by atoms with Gasteiger partial charge >= 0.3 is 5.97 Å². The Kier molecular flexibility index (Phi) is 3.64. The van der Waals surface area contributed by atoms with Gasteiger partial charge < -0.3 is 5.11 Å². The summed E-state index contributed by atoms with van der Waals surface area (Å²) in [6.07, 6.45) is 1.87. The van der Waals surface area contributed by atoms with Crippen LogP contribution in [0.3, 0.4) is 0 Å². The Balaban J connectivity index is 2.85. The molecule has 1 aliphatic carbocycles. The van der Waals surface area contributed by atoms with Crippen LogP contribution in [-0.2, 0) is 14.8 Å². The lowest BCUT2D eigenvalue weighted by molar-refractivity contribution is -0.138. The Morgan fingerprint density at radius 3 is 2.19 bits per heavy atom. The van der Waals surface area contributed by atoms with E-state index in [1.54, 1.807) is 20.8 Å². The van der Waals surface area contributed by atoms with Crippen LogP contribution in [0, 0.1) is 5.92 Å². The first-order valence-electron chi connectivity index (χ1n) is 5.35. The Morgan fingerprint density at radius 2 is 1.88 bits per heavy atom. The van der Waals surface area contributed by atoms with E-state index in [4.69, 9.17) is 5.11 Å². The molecule has 1 rings (SSSR count). The average molecular weight is 249 g/mol. The zero-order valence-electron chi connectivity index (χ0n) is 9.93. The van der Waals surface area contributed by atoms with E-state index >= 15 is 0 Å². The molecule has 0 amide bonds. The Morgan fingerprint density at radius 1 is 1.38 bits per heavy atom. The van der Waals surface area contributed by atoms with Crippen molar-refractivity contribution in [3.8, 4) is 0 Å². The number of sulfonamides is 1. The van der Waals surface area contributed by atoms with Crippen molar-refractivity contribution in [2.75, 3.05) is 12.3 Å². The average Bonchev–Trinajstić information content (AvgIpc) is 2.80. The van der Waals surface area contributed by atoms with Crippen LogP contribution in [0.4, 0.5) is 0 Å². The SMILES string of the molecule is CC(C)(C)N(CC(=O)O)S(=O)(=O)CC1CC1. The zero-order valence-corrected chi connectivity index (χ0v) is 10.7. The van der Waals surface area contributed by atoms with Crippen molar-refractivity contribution in [1.29, 1.82) is 0 Å². The van der Waals surface area contributed by atoms with Gasteiger partial charge in [-0.2, -0.15) is 4.31 Å². The molecule has 16 heavy (non-hydrogen) atoms. The van der Waals surface area contributed by atoms with Crippen molar-refractivity contribution in [1.82, 2.24) is 4.31 Å². The highest BCUT2D eigenvalue weighted by atomic mass is 32.2. The largest absolute Gasteiger partial charge is 0.480 e. The van der Waals surface area contributed by atoms with Gasteiger partial charge in [-0.05, 0) is 39.5 Å². The Hall–Kier alpha value is -0.620. The zero-order chi connectivity index (χ0) is 12.6. The molecule has 0 aromatic carbocycles. The standard InChI is InChI=1S/C10H19NO4S/c1-10(2,3)11(6-9(12)13)16(14,15)7-8-4-5-8/h8H,4-7H2,1-3H3,(H,12,13). The first kappa shape index (κ1) is 13.4. The lowest BCUT2D eigenvalue weighted by Crippen LogP contribution is -2.49. The summed E-state index contributed by atoms with van der Waals surface area (Å²) < 4.78 is 25.1. The number of aliphatic carboxylic acids is 1. The van der Waals surface area contributed by atoms with E-state index in [0.717, 1.165) is 17.1 Å². The molecule has 5 nitrogen and oxygen atoms in total. The summed E-state index contributed by atoms with van der Waals surface area (Å²) in [6, 6.07) is 0. The van der Waals surface area contributed by atoms with Crippen molar-refractivity contribution in [2.24, 2.45) is 5.92 Å². The predicted octanol–water partition coefficient (Wildman–Crippen LogP) is 0.911. The maximum Gasteiger partial charge on any atom is 0.318 e. The molecule has 0 atom stereocenters. The number of rotatable bonds is 5. The van der Waals surface area contributed by atoms with Crippen LogP contribution >= 0.6 is 0 Å². The van der Waals surface area contributed by atoms with E-state index < -0.39 is 28.1 Å². The van der Waals surface area contributed by atoms with Gasteiger partial charge in [-0.25, -0.2) is 8.42 Å². The highest BCUT2D eigenvalue weighted by Crippen LogP contribution is 2.32. The van der Waals surface area contributed by atoms with E-state index in [2.05, 4.69) is 0 Å². The molecule has 1 aliphatic rings. The highest BCUT2D eigenvalue weighted by molar-refractivity contribution is 7.89. The van der Waals surface area contributed by atoms with Crippen molar-refractivity contribution in [3.05, 3.63) is 0 Å². The summed E-state index contributed by atoms with van der Waals surface area (Å²) in [6.45, 7) is 4.67. The molecule has 94 valence electrons. The third-order valence-electron chi connectivity index (χ3n) is 2.51.